The van der Waals surface area contributed by atoms with Gasteiger partial charge in [0.25, 0.3) is 0 Å². The predicted octanol–water partition coefficient (Wildman–Crippen LogP) is 2.13. The number of hydrogen-bond acceptors (Lipinski definition) is 7. The number of rotatable bonds is 4. The van der Waals surface area contributed by atoms with E-state index in [1.807, 2.05) is 7.05 Å². The molecule has 0 aromatic heterocycles. The van der Waals surface area contributed by atoms with Crippen LogP contribution in [-0.4, -0.2) is 80.6 Å². The van der Waals surface area contributed by atoms with Crippen LogP contribution >= 0.6 is 0 Å². The minimum Gasteiger partial charge on any atom is -0.496 e. The highest BCUT2D eigenvalue weighted by Gasteiger charge is 2.37. The molecule has 2 aliphatic heterocycles. The Bertz CT molecular complexity index is 1200. The van der Waals surface area contributed by atoms with Crippen LogP contribution in [0.1, 0.15) is 22.7 Å². The average Bonchev–Trinajstić information content (AvgIpc) is 2.84. The van der Waals surface area contributed by atoms with E-state index in [0.29, 0.717) is 67.1 Å². The van der Waals surface area contributed by atoms with E-state index in [-0.39, 0.29) is 11.3 Å². The highest BCUT2D eigenvalue weighted by molar-refractivity contribution is 5.88. The number of carbonyl (C=O) groups is 2. The Morgan fingerprint density at radius 1 is 1.11 bits per heavy atom. The lowest BCUT2D eigenvalue weighted by Crippen LogP contribution is -2.48. The lowest BCUT2D eigenvalue weighted by atomic mass is 9.83. The number of nitrogens with zero attached hydrogens (tertiary/aromatic N) is 4. The van der Waals surface area contributed by atoms with Gasteiger partial charge in [-0.2, -0.15) is 5.26 Å². The average molecular weight is 482 g/mol. The molecule has 35 heavy (non-hydrogen) atoms. The summed E-state index contributed by atoms with van der Waals surface area (Å²) in [6, 6.07) is 6.83. The third-order valence-corrected chi connectivity index (χ3v) is 6.65. The number of halogens is 1. The Kier molecular flexibility index (Phi) is 6.91. The number of methoxy groups -OCH3 is 1. The van der Waals surface area contributed by atoms with Gasteiger partial charge in [0.05, 0.1) is 12.7 Å². The van der Waals surface area contributed by atoms with Gasteiger partial charge in [0.15, 0.2) is 5.75 Å². The van der Waals surface area contributed by atoms with Crippen molar-refractivity contribution in [2.45, 2.75) is 12.5 Å². The van der Waals surface area contributed by atoms with Crippen molar-refractivity contribution in [2.24, 2.45) is 5.73 Å². The maximum absolute atomic E-state index is 14.3. The van der Waals surface area contributed by atoms with Crippen LogP contribution in [0.15, 0.2) is 24.3 Å². The van der Waals surface area contributed by atoms with E-state index in [0.717, 1.165) is 0 Å². The Morgan fingerprint density at radius 2 is 1.83 bits per heavy atom. The molecule has 0 bridgehead atoms. The third kappa shape index (κ3) is 4.65. The van der Waals surface area contributed by atoms with Gasteiger partial charge < -0.3 is 25.0 Å². The Balaban J connectivity index is 1.91. The highest BCUT2D eigenvalue weighted by atomic mass is 19.1. The summed E-state index contributed by atoms with van der Waals surface area (Å²) >= 11 is 0. The van der Waals surface area contributed by atoms with Crippen LogP contribution in [0.4, 0.5) is 9.18 Å². The van der Waals surface area contributed by atoms with Crippen molar-refractivity contribution >= 4 is 12.0 Å². The van der Waals surface area contributed by atoms with Crippen molar-refractivity contribution in [1.29, 1.82) is 5.26 Å². The van der Waals surface area contributed by atoms with E-state index in [4.69, 9.17) is 15.2 Å². The zero-order valence-electron chi connectivity index (χ0n) is 20.0. The summed E-state index contributed by atoms with van der Waals surface area (Å²) in [5.74, 6) is -0.689. The lowest BCUT2D eigenvalue weighted by molar-refractivity contribution is -0.123. The molecule has 2 aromatic rings. The summed E-state index contributed by atoms with van der Waals surface area (Å²) in [4.78, 5) is 31.1. The molecule has 2 aliphatic rings. The molecule has 1 atom stereocenters. The molecule has 4 rings (SSSR count). The van der Waals surface area contributed by atoms with E-state index >= 15 is 0 Å². The Labute approximate surface area is 203 Å². The summed E-state index contributed by atoms with van der Waals surface area (Å²) in [6.45, 7) is 2.85. The van der Waals surface area contributed by atoms with Crippen molar-refractivity contribution in [3.63, 3.8) is 0 Å². The topological polar surface area (TPSA) is 112 Å². The standard InChI is InChI=1S/C25H28FN5O4/c1-29-8-10-31(11-9-29)25(33)35-23-15(14-27)12-18(19-13-16(26)4-5-20(19)34-3)17-6-7-30(2)22(21(17)23)24(28)32/h4-5,12-13,22H,6-11H2,1-3H3,(H2,28,32). The first-order valence-corrected chi connectivity index (χ1v) is 11.3. The smallest absolute Gasteiger partial charge is 0.415 e. The van der Waals surface area contributed by atoms with Gasteiger partial charge in [-0.3, -0.25) is 9.69 Å². The number of benzene rings is 2. The van der Waals surface area contributed by atoms with Gasteiger partial charge in [-0.25, -0.2) is 9.18 Å². The number of amides is 2. The molecule has 184 valence electrons. The SMILES string of the molecule is COc1ccc(F)cc1-c1cc(C#N)c(OC(=O)N2CCN(C)CC2)c2c1CCN(C)C2C(N)=O. The second kappa shape index (κ2) is 9.90. The molecule has 2 N–H and O–H groups in total. The van der Waals surface area contributed by atoms with Crippen LogP contribution in [0.5, 0.6) is 11.5 Å². The molecular formula is C25H28FN5O4. The van der Waals surface area contributed by atoms with Gasteiger partial charge in [-0.1, -0.05) is 0 Å². The quantitative estimate of drug-likeness (QED) is 0.712. The summed E-state index contributed by atoms with van der Waals surface area (Å²) < 4.78 is 25.5. The van der Waals surface area contributed by atoms with Crippen LogP contribution in [0.2, 0.25) is 0 Å². The first-order chi connectivity index (χ1) is 16.7. The molecule has 9 nitrogen and oxygen atoms in total. The molecule has 2 amide bonds. The van der Waals surface area contributed by atoms with E-state index in [9.17, 15) is 19.2 Å². The largest absolute Gasteiger partial charge is 0.496 e. The maximum atomic E-state index is 14.3. The molecule has 1 saturated heterocycles. The van der Waals surface area contributed by atoms with E-state index in [2.05, 4.69) is 11.0 Å². The fourth-order valence-electron chi connectivity index (χ4n) is 4.74. The first-order valence-electron chi connectivity index (χ1n) is 11.3. The number of hydrogen-bond donors (Lipinski definition) is 1. The van der Waals surface area contributed by atoms with Crippen molar-refractivity contribution in [2.75, 3.05) is 53.9 Å². The number of nitriles is 1. The molecule has 0 aliphatic carbocycles. The Hall–Kier alpha value is -3.68. The van der Waals surface area contributed by atoms with Gasteiger partial charge in [0.2, 0.25) is 5.91 Å². The van der Waals surface area contributed by atoms with Gasteiger partial charge in [0, 0.05) is 43.9 Å². The zero-order valence-corrected chi connectivity index (χ0v) is 20.0. The second-order valence-electron chi connectivity index (χ2n) is 8.84. The normalized spacial score (nSPS) is 18.5. The molecule has 1 unspecified atom stereocenters. The predicted molar refractivity (Wildman–Crippen MR) is 126 cm³/mol. The van der Waals surface area contributed by atoms with Crippen molar-refractivity contribution < 1.29 is 23.5 Å². The van der Waals surface area contributed by atoms with Gasteiger partial charge in [-0.15, -0.1) is 0 Å². The van der Waals surface area contributed by atoms with Crippen molar-refractivity contribution in [3.05, 3.63) is 46.8 Å². The van der Waals surface area contributed by atoms with Crippen LogP contribution < -0.4 is 15.2 Å². The number of ether oxygens (including phenoxy) is 2. The van der Waals surface area contributed by atoms with Gasteiger partial charge >= 0.3 is 6.09 Å². The molecule has 2 aromatic carbocycles. The fraction of sp³-hybridized carbons (Fsp3) is 0.400. The highest BCUT2D eigenvalue weighted by Crippen LogP contribution is 2.45. The summed E-state index contributed by atoms with van der Waals surface area (Å²) in [6.07, 6.45) is -0.126. The van der Waals surface area contributed by atoms with Gasteiger partial charge in [0.1, 0.15) is 23.7 Å². The molecule has 2 heterocycles. The zero-order chi connectivity index (χ0) is 25.3. The summed E-state index contributed by atoms with van der Waals surface area (Å²) in [5, 5.41) is 10.0. The molecule has 10 heteroatoms. The number of piperazine rings is 1. The molecule has 0 radical (unpaired) electrons. The van der Waals surface area contributed by atoms with Crippen LogP contribution in [0.3, 0.4) is 0 Å². The molecule has 0 saturated carbocycles. The monoisotopic (exact) mass is 481 g/mol. The first kappa shape index (κ1) is 24.4. The van der Waals surface area contributed by atoms with Crippen LogP contribution in [-0.2, 0) is 11.2 Å². The van der Waals surface area contributed by atoms with Crippen LogP contribution in [0, 0.1) is 17.1 Å². The van der Waals surface area contributed by atoms with Crippen molar-refractivity contribution in [1.82, 2.24) is 14.7 Å². The molecule has 0 spiro atoms. The number of likely N-dealkylation sites (N-methyl/N-ethyl adjacent to an activating group) is 2. The molecular weight excluding hydrogens is 453 g/mol. The van der Waals surface area contributed by atoms with Gasteiger partial charge in [-0.05, 0) is 55.9 Å². The number of nitrogens with two attached hydrogens (primary N) is 1. The minimum absolute atomic E-state index is 0.0147. The minimum atomic E-state index is -0.930. The van der Waals surface area contributed by atoms with Crippen LogP contribution in [0.25, 0.3) is 11.1 Å². The fourth-order valence-corrected chi connectivity index (χ4v) is 4.74. The second-order valence-corrected chi connectivity index (χ2v) is 8.84. The number of fused-ring (bicyclic) bond motifs is 1. The summed E-state index contributed by atoms with van der Waals surface area (Å²) in [7, 11) is 5.19. The molecule has 1 fully saturated rings. The Morgan fingerprint density at radius 3 is 2.46 bits per heavy atom. The maximum Gasteiger partial charge on any atom is 0.415 e. The number of carbonyl (C=O) groups excluding carboxylic acids is 2. The lowest BCUT2D eigenvalue weighted by Gasteiger charge is -2.36. The van der Waals surface area contributed by atoms with Crippen molar-refractivity contribution in [3.8, 4) is 28.7 Å². The van der Waals surface area contributed by atoms with E-state index in [1.165, 1.54) is 25.3 Å². The number of primary amides is 1. The summed E-state index contributed by atoms with van der Waals surface area (Å²) in [5.41, 5.74) is 7.82. The third-order valence-electron chi connectivity index (χ3n) is 6.65. The van der Waals surface area contributed by atoms with E-state index in [1.54, 1.807) is 22.9 Å². The van der Waals surface area contributed by atoms with E-state index < -0.39 is 23.9 Å².